The smallest absolute Gasteiger partial charge is 0.248 e. The minimum absolute atomic E-state index is 0.0995. The van der Waals surface area contributed by atoms with Crippen LogP contribution in [0.15, 0.2) is 57.9 Å². The number of aldehydes is 1. The number of rotatable bonds is 12. The summed E-state index contributed by atoms with van der Waals surface area (Å²) in [6.07, 6.45) is 9.07. The number of hydrogen-bond donors (Lipinski definition) is 4. The van der Waals surface area contributed by atoms with E-state index in [4.69, 9.17) is 10.2 Å². The molecule has 10 nitrogen and oxygen atoms in total. The highest BCUT2D eigenvalue weighted by molar-refractivity contribution is 5.94. The van der Waals surface area contributed by atoms with Gasteiger partial charge in [0.25, 0.3) is 0 Å². The quantitative estimate of drug-likeness (QED) is 0.141. The van der Waals surface area contributed by atoms with E-state index in [9.17, 15) is 19.5 Å². The second kappa shape index (κ2) is 20.0. The normalized spacial score (nSPS) is 11.4. The Morgan fingerprint density at radius 2 is 1.92 bits per heavy atom. The monoisotopic (exact) mass is 529 g/mol. The molecule has 1 atom stereocenters. The highest BCUT2D eigenvalue weighted by atomic mass is 16.3. The van der Waals surface area contributed by atoms with Gasteiger partial charge in [0.05, 0.1) is 12.0 Å². The minimum atomic E-state index is -0.508. The number of carbonyl (C=O) groups excluding carboxylic acids is 3. The molecule has 0 aliphatic carbocycles. The zero-order valence-electron chi connectivity index (χ0n) is 23.4. The maximum absolute atomic E-state index is 11.4. The number of aryl methyl sites for hydroxylation is 1. The summed E-state index contributed by atoms with van der Waals surface area (Å²) in [5.74, 6) is 1.07. The first-order valence-electron chi connectivity index (χ1n) is 12.6. The Balaban J connectivity index is 0.000000605. The molecule has 2 rings (SSSR count). The van der Waals surface area contributed by atoms with Crippen molar-refractivity contribution in [2.75, 3.05) is 33.0 Å². The average molecular weight is 530 g/mol. The molecule has 0 saturated carbocycles. The molecule has 0 radical (unpaired) electrons. The third-order valence-electron chi connectivity index (χ3n) is 5.41. The number of carbonyl (C=O) groups is 3. The van der Waals surface area contributed by atoms with Gasteiger partial charge in [-0.2, -0.15) is 0 Å². The molecule has 1 aromatic carbocycles. The van der Waals surface area contributed by atoms with Crippen molar-refractivity contribution in [1.82, 2.24) is 10.2 Å². The van der Waals surface area contributed by atoms with Crippen LogP contribution in [0.4, 0.5) is 5.69 Å². The van der Waals surface area contributed by atoms with Crippen LogP contribution in [0.3, 0.4) is 0 Å². The number of aromatic hydroxyl groups is 1. The molecule has 0 bridgehead atoms. The van der Waals surface area contributed by atoms with Gasteiger partial charge >= 0.3 is 0 Å². The van der Waals surface area contributed by atoms with Crippen molar-refractivity contribution >= 4 is 30.0 Å². The number of anilines is 1. The lowest BCUT2D eigenvalue weighted by Crippen LogP contribution is -2.28. The van der Waals surface area contributed by atoms with Crippen molar-refractivity contribution in [1.29, 1.82) is 0 Å². The Kier molecular flexibility index (Phi) is 17.9. The van der Waals surface area contributed by atoms with Gasteiger partial charge in [0.2, 0.25) is 11.8 Å². The van der Waals surface area contributed by atoms with Gasteiger partial charge in [-0.15, -0.1) is 0 Å². The van der Waals surface area contributed by atoms with Crippen molar-refractivity contribution in [3.8, 4) is 5.75 Å². The van der Waals surface area contributed by atoms with Crippen molar-refractivity contribution < 1.29 is 23.9 Å². The molecule has 0 saturated heterocycles. The lowest BCUT2D eigenvalue weighted by Gasteiger charge is -2.18. The number of phenols is 1. The standard InChI is InChI=1S/C14H25N3O2.C8H10N2O2.C6H8O/c1-5-12(7-8-17(4)14(19)6-2)9-16-13(11-18)10-15-3;1-10-6-4-5(8(9)12)2-3-7(6)11;1-2-6-4-3-5-7-6/h9-12,15H,5-8H2,1-4H3;2-4,10-11H,1H3,(H2,9,12);3-5H,2H2,1H3/b13-10-,16-9?;;. The van der Waals surface area contributed by atoms with Crippen LogP contribution in [0.1, 0.15) is 56.2 Å². The molecule has 2 aromatic rings. The van der Waals surface area contributed by atoms with Crippen LogP contribution in [0.2, 0.25) is 0 Å². The Bertz CT molecular complexity index is 1020. The molecule has 0 spiro atoms. The summed E-state index contributed by atoms with van der Waals surface area (Å²) in [5, 5.41) is 14.7. The maximum atomic E-state index is 11.4. The van der Waals surface area contributed by atoms with E-state index in [1.807, 2.05) is 26.1 Å². The Morgan fingerprint density at radius 3 is 2.37 bits per heavy atom. The summed E-state index contributed by atoms with van der Waals surface area (Å²) >= 11 is 0. The predicted molar refractivity (Wildman–Crippen MR) is 152 cm³/mol. The fourth-order valence-corrected chi connectivity index (χ4v) is 2.98. The van der Waals surface area contributed by atoms with Gasteiger partial charge in [-0.05, 0) is 49.1 Å². The summed E-state index contributed by atoms with van der Waals surface area (Å²) in [4.78, 5) is 38.7. The van der Waals surface area contributed by atoms with Gasteiger partial charge in [0.1, 0.15) is 17.2 Å². The number of phenolic OH excluding ortho intramolecular Hbond substituents is 1. The van der Waals surface area contributed by atoms with E-state index in [-0.39, 0.29) is 17.6 Å². The van der Waals surface area contributed by atoms with Crippen LogP contribution in [-0.4, -0.2) is 62.0 Å². The molecule has 1 aromatic heterocycles. The molecule has 5 N–H and O–H groups in total. The van der Waals surface area contributed by atoms with E-state index in [1.165, 1.54) is 18.2 Å². The van der Waals surface area contributed by atoms with E-state index in [2.05, 4.69) is 29.5 Å². The molecule has 0 aliphatic heterocycles. The van der Waals surface area contributed by atoms with E-state index in [0.717, 1.165) is 25.0 Å². The molecule has 0 aliphatic rings. The van der Waals surface area contributed by atoms with E-state index in [0.29, 0.717) is 36.2 Å². The fraction of sp³-hybridized carbons (Fsp3) is 0.429. The van der Waals surface area contributed by atoms with Crippen LogP contribution < -0.4 is 16.4 Å². The Hall–Kier alpha value is -4.08. The van der Waals surface area contributed by atoms with Gasteiger partial charge < -0.3 is 30.8 Å². The molecule has 0 fully saturated rings. The third kappa shape index (κ3) is 13.9. The number of nitrogens with zero attached hydrogens (tertiary/aromatic N) is 2. The number of hydrogen-bond acceptors (Lipinski definition) is 8. The molecule has 2 amide bonds. The minimum Gasteiger partial charge on any atom is -0.506 e. The van der Waals surface area contributed by atoms with Crippen molar-refractivity contribution in [3.05, 3.63) is 59.8 Å². The van der Waals surface area contributed by atoms with Gasteiger partial charge in [-0.25, -0.2) is 0 Å². The van der Waals surface area contributed by atoms with Crippen molar-refractivity contribution in [2.45, 2.75) is 46.5 Å². The number of benzene rings is 1. The van der Waals surface area contributed by atoms with E-state index in [1.54, 1.807) is 37.7 Å². The Labute approximate surface area is 226 Å². The van der Waals surface area contributed by atoms with E-state index >= 15 is 0 Å². The lowest BCUT2D eigenvalue weighted by molar-refractivity contribution is -0.129. The second-order valence-electron chi connectivity index (χ2n) is 8.16. The van der Waals surface area contributed by atoms with Crippen LogP contribution in [-0.2, 0) is 16.0 Å². The number of primary amides is 1. The molecular formula is C28H43N5O5. The first-order valence-corrected chi connectivity index (χ1v) is 12.6. The number of aliphatic imine (C=N–C) groups is 1. The highest BCUT2D eigenvalue weighted by Crippen LogP contribution is 2.23. The zero-order chi connectivity index (χ0) is 28.9. The van der Waals surface area contributed by atoms with Gasteiger partial charge in [0.15, 0.2) is 6.29 Å². The summed E-state index contributed by atoms with van der Waals surface area (Å²) in [5.41, 5.74) is 6.28. The highest BCUT2D eigenvalue weighted by Gasteiger charge is 2.09. The van der Waals surface area contributed by atoms with Gasteiger partial charge in [-0.3, -0.25) is 19.4 Å². The summed E-state index contributed by atoms with van der Waals surface area (Å²) < 4.78 is 4.98. The maximum Gasteiger partial charge on any atom is 0.248 e. The molecule has 10 heteroatoms. The number of allylic oxidation sites excluding steroid dienone is 1. The second-order valence-corrected chi connectivity index (χ2v) is 8.16. The van der Waals surface area contributed by atoms with Crippen molar-refractivity contribution in [2.24, 2.45) is 16.6 Å². The van der Waals surface area contributed by atoms with Crippen LogP contribution in [0.25, 0.3) is 0 Å². The van der Waals surface area contributed by atoms with Crippen molar-refractivity contribution in [3.63, 3.8) is 0 Å². The topological polar surface area (TPSA) is 150 Å². The summed E-state index contributed by atoms with van der Waals surface area (Å²) in [6, 6.07) is 8.26. The largest absolute Gasteiger partial charge is 0.506 e. The molecule has 210 valence electrons. The molecule has 1 unspecified atom stereocenters. The van der Waals surface area contributed by atoms with Crippen LogP contribution in [0, 0.1) is 5.92 Å². The number of furan rings is 1. The Morgan fingerprint density at radius 1 is 1.21 bits per heavy atom. The summed E-state index contributed by atoms with van der Waals surface area (Å²) in [6.45, 7) is 6.71. The SMILES string of the molecule is CCC(=O)N(C)CCC(C=N/C(C=O)=C\NC)CC.CCc1ccco1.CNc1cc(C(N)=O)ccc1O. The predicted octanol–water partition coefficient (Wildman–Crippen LogP) is 3.98. The third-order valence-corrected chi connectivity index (χ3v) is 5.41. The summed E-state index contributed by atoms with van der Waals surface area (Å²) in [7, 11) is 5.19. The number of nitrogens with two attached hydrogens (primary N) is 1. The zero-order valence-corrected chi connectivity index (χ0v) is 23.4. The van der Waals surface area contributed by atoms with Crippen LogP contribution in [0.5, 0.6) is 5.75 Å². The number of amides is 2. The molecule has 38 heavy (non-hydrogen) atoms. The molecule has 1 heterocycles. The fourth-order valence-electron chi connectivity index (χ4n) is 2.98. The average Bonchev–Trinajstić information content (AvgIpc) is 3.47. The van der Waals surface area contributed by atoms with Crippen LogP contribution >= 0.6 is 0 Å². The molecular weight excluding hydrogens is 486 g/mol. The first-order chi connectivity index (χ1) is 18.2. The lowest BCUT2D eigenvalue weighted by atomic mass is 10.0. The number of nitrogens with one attached hydrogen (secondary N) is 2. The van der Waals surface area contributed by atoms with E-state index < -0.39 is 5.91 Å². The van der Waals surface area contributed by atoms with Gasteiger partial charge in [0, 0.05) is 58.5 Å². The first kappa shape index (κ1) is 33.9. The van der Waals surface area contributed by atoms with Gasteiger partial charge in [-0.1, -0.05) is 20.8 Å².